The fourth-order valence-corrected chi connectivity index (χ4v) is 1.18. The summed E-state index contributed by atoms with van der Waals surface area (Å²) in [6.45, 7) is 7.39. The predicted molar refractivity (Wildman–Crippen MR) is 78.7 cm³/mol. The molecule has 20 heavy (non-hydrogen) atoms. The number of carbonyl (C=O) groups excluding carboxylic acids is 1. The molecule has 0 heterocycles. The molecule has 0 aliphatic heterocycles. The lowest BCUT2D eigenvalue weighted by Crippen LogP contribution is -2.15. The highest BCUT2D eigenvalue weighted by molar-refractivity contribution is 5.89. The summed E-state index contributed by atoms with van der Waals surface area (Å²) >= 11 is 0. The Labute approximate surface area is 120 Å². The van der Waals surface area contributed by atoms with Crippen LogP contribution in [0.5, 0.6) is 5.75 Å². The van der Waals surface area contributed by atoms with Crippen molar-refractivity contribution in [1.82, 2.24) is 0 Å². The fraction of sp³-hybridized carbons (Fsp3) is 0.438. The van der Waals surface area contributed by atoms with E-state index in [9.17, 15) is 9.90 Å². The maximum atomic E-state index is 11.2. The molecule has 0 aliphatic carbocycles. The third-order valence-electron chi connectivity index (χ3n) is 1.98. The van der Waals surface area contributed by atoms with Crippen molar-refractivity contribution < 1.29 is 19.4 Å². The molecule has 0 atom stereocenters. The van der Waals surface area contributed by atoms with Crippen LogP contribution in [0.1, 0.15) is 38.1 Å². The average molecular weight is 278 g/mol. The van der Waals surface area contributed by atoms with Gasteiger partial charge in [0.05, 0.1) is 12.7 Å². The molecule has 0 saturated heterocycles. The molecule has 0 unspecified atom stereocenters. The molecule has 0 aromatic heterocycles. The van der Waals surface area contributed by atoms with E-state index in [4.69, 9.17) is 4.74 Å². The summed E-state index contributed by atoms with van der Waals surface area (Å²) in [5.41, 5.74) is -0.551. The van der Waals surface area contributed by atoms with Crippen molar-refractivity contribution in [2.24, 2.45) is 0 Å². The standard InChI is InChI=1S/C14H16O4.C2H6/c1-14(2,16)9-4-10-18-12-7-5-11(6-8-12)13(15)17-3;1-2/h5-8,16H,10H2,1-3H3;1-2H3. The summed E-state index contributed by atoms with van der Waals surface area (Å²) in [6.07, 6.45) is 0. The monoisotopic (exact) mass is 278 g/mol. The van der Waals surface area contributed by atoms with Crippen molar-refractivity contribution in [3.63, 3.8) is 0 Å². The number of aliphatic hydroxyl groups is 1. The molecule has 0 spiro atoms. The smallest absolute Gasteiger partial charge is 0.337 e. The van der Waals surface area contributed by atoms with Gasteiger partial charge in [0, 0.05) is 0 Å². The molecular weight excluding hydrogens is 256 g/mol. The summed E-state index contributed by atoms with van der Waals surface area (Å²) in [5, 5.41) is 9.36. The van der Waals surface area contributed by atoms with Gasteiger partial charge in [0.25, 0.3) is 0 Å². The first-order valence-corrected chi connectivity index (χ1v) is 6.46. The Morgan fingerprint density at radius 2 is 1.80 bits per heavy atom. The molecule has 0 saturated carbocycles. The van der Waals surface area contributed by atoms with E-state index in [1.807, 2.05) is 13.8 Å². The van der Waals surface area contributed by atoms with E-state index in [1.54, 1.807) is 38.1 Å². The number of hydrogen-bond donors (Lipinski definition) is 1. The molecule has 0 radical (unpaired) electrons. The topological polar surface area (TPSA) is 55.8 Å². The molecule has 4 nitrogen and oxygen atoms in total. The third-order valence-corrected chi connectivity index (χ3v) is 1.98. The summed E-state index contributed by atoms with van der Waals surface area (Å²) < 4.78 is 9.92. The minimum Gasteiger partial charge on any atom is -0.481 e. The Bertz CT molecular complexity index is 458. The Hall–Kier alpha value is -1.99. The molecule has 0 bridgehead atoms. The first-order chi connectivity index (χ1) is 9.42. The molecule has 1 N–H and O–H groups in total. The van der Waals surface area contributed by atoms with Crippen molar-refractivity contribution >= 4 is 5.97 Å². The van der Waals surface area contributed by atoms with Crippen molar-refractivity contribution in [3.05, 3.63) is 29.8 Å². The van der Waals surface area contributed by atoms with Crippen LogP contribution in [0.3, 0.4) is 0 Å². The number of hydrogen-bond acceptors (Lipinski definition) is 4. The molecule has 0 aliphatic rings. The van der Waals surface area contributed by atoms with Crippen LogP contribution >= 0.6 is 0 Å². The summed E-state index contributed by atoms with van der Waals surface area (Å²) in [4.78, 5) is 11.2. The molecule has 0 fully saturated rings. The zero-order chi connectivity index (χ0) is 15.6. The number of esters is 1. The van der Waals surface area contributed by atoms with E-state index in [0.717, 1.165) is 0 Å². The molecule has 1 aromatic rings. The second-order valence-electron chi connectivity index (χ2n) is 4.17. The molecule has 1 rings (SSSR count). The van der Waals surface area contributed by atoms with Crippen LogP contribution in [-0.4, -0.2) is 30.4 Å². The molecule has 0 amide bonds. The SMILES string of the molecule is CC.COC(=O)c1ccc(OCC#CC(C)(C)O)cc1. The van der Waals surface area contributed by atoms with E-state index >= 15 is 0 Å². The maximum absolute atomic E-state index is 11.2. The van der Waals surface area contributed by atoms with E-state index in [2.05, 4.69) is 16.6 Å². The predicted octanol–water partition coefficient (Wildman–Crippen LogP) is 2.65. The highest BCUT2D eigenvalue weighted by atomic mass is 16.5. The second-order valence-corrected chi connectivity index (χ2v) is 4.17. The lowest BCUT2D eigenvalue weighted by Gasteiger charge is -2.06. The number of carbonyl (C=O) groups is 1. The minimum atomic E-state index is -1.02. The summed E-state index contributed by atoms with van der Waals surface area (Å²) in [6, 6.07) is 6.56. The quantitative estimate of drug-likeness (QED) is 0.682. The van der Waals surface area contributed by atoms with Gasteiger partial charge in [-0.3, -0.25) is 0 Å². The van der Waals surface area contributed by atoms with Gasteiger partial charge in [-0.2, -0.15) is 0 Å². The number of rotatable bonds is 3. The minimum absolute atomic E-state index is 0.182. The highest BCUT2D eigenvalue weighted by Gasteiger charge is 2.06. The van der Waals surface area contributed by atoms with Crippen LogP contribution in [0, 0.1) is 11.8 Å². The van der Waals surface area contributed by atoms with Gasteiger partial charge in [-0.15, -0.1) is 0 Å². The Balaban J connectivity index is 0.00000172. The number of methoxy groups -OCH3 is 1. The van der Waals surface area contributed by atoms with E-state index in [1.165, 1.54) is 7.11 Å². The summed E-state index contributed by atoms with van der Waals surface area (Å²) in [7, 11) is 1.33. The largest absolute Gasteiger partial charge is 0.481 e. The lowest BCUT2D eigenvalue weighted by atomic mass is 10.1. The Kier molecular flexibility index (Phi) is 8.10. The molecule has 1 aromatic carbocycles. The first-order valence-electron chi connectivity index (χ1n) is 6.46. The normalized spacial score (nSPS) is 9.50. The number of ether oxygens (including phenoxy) is 2. The summed E-state index contributed by atoms with van der Waals surface area (Å²) in [5.74, 6) is 5.56. The van der Waals surface area contributed by atoms with Gasteiger partial charge in [0.1, 0.15) is 18.0 Å². The van der Waals surface area contributed by atoms with Crippen LogP contribution < -0.4 is 4.74 Å². The maximum Gasteiger partial charge on any atom is 0.337 e. The van der Waals surface area contributed by atoms with Crippen molar-refractivity contribution in [2.75, 3.05) is 13.7 Å². The van der Waals surface area contributed by atoms with Gasteiger partial charge in [-0.05, 0) is 38.1 Å². The molecule has 110 valence electrons. The number of benzene rings is 1. The Morgan fingerprint density at radius 3 is 2.25 bits per heavy atom. The van der Waals surface area contributed by atoms with Gasteiger partial charge in [-0.25, -0.2) is 4.79 Å². The third kappa shape index (κ3) is 7.45. The average Bonchev–Trinajstić information content (AvgIpc) is 2.44. The van der Waals surface area contributed by atoms with Crippen LogP contribution in [0.4, 0.5) is 0 Å². The van der Waals surface area contributed by atoms with Crippen LogP contribution in [-0.2, 0) is 4.74 Å². The van der Waals surface area contributed by atoms with Crippen molar-refractivity contribution in [1.29, 1.82) is 0 Å². The molecular formula is C16H22O4. The first kappa shape index (κ1) is 18.0. The van der Waals surface area contributed by atoms with Crippen LogP contribution in [0.25, 0.3) is 0 Å². The van der Waals surface area contributed by atoms with Gasteiger partial charge >= 0.3 is 5.97 Å². The van der Waals surface area contributed by atoms with Gasteiger partial charge in [-0.1, -0.05) is 25.7 Å². The highest BCUT2D eigenvalue weighted by Crippen LogP contribution is 2.12. The zero-order valence-corrected chi connectivity index (χ0v) is 12.7. The van der Waals surface area contributed by atoms with Gasteiger partial charge < -0.3 is 14.6 Å². The van der Waals surface area contributed by atoms with Crippen LogP contribution in [0.15, 0.2) is 24.3 Å². The van der Waals surface area contributed by atoms with E-state index < -0.39 is 5.60 Å². The van der Waals surface area contributed by atoms with Crippen molar-refractivity contribution in [3.8, 4) is 17.6 Å². The molecule has 4 heteroatoms. The van der Waals surface area contributed by atoms with E-state index in [-0.39, 0.29) is 12.6 Å². The van der Waals surface area contributed by atoms with Gasteiger partial charge in [0.2, 0.25) is 0 Å². The Morgan fingerprint density at radius 1 is 1.25 bits per heavy atom. The van der Waals surface area contributed by atoms with Crippen molar-refractivity contribution in [2.45, 2.75) is 33.3 Å². The van der Waals surface area contributed by atoms with E-state index in [0.29, 0.717) is 11.3 Å². The van der Waals surface area contributed by atoms with Crippen LogP contribution in [0.2, 0.25) is 0 Å². The van der Waals surface area contributed by atoms with Gasteiger partial charge in [0.15, 0.2) is 0 Å². The zero-order valence-electron chi connectivity index (χ0n) is 12.7. The second kappa shape index (κ2) is 9.00. The lowest BCUT2D eigenvalue weighted by molar-refractivity contribution is 0.0600. The fourth-order valence-electron chi connectivity index (χ4n) is 1.18.